The summed E-state index contributed by atoms with van der Waals surface area (Å²) in [5, 5.41) is 19.0. The lowest BCUT2D eigenvalue weighted by atomic mass is 9.91. The standard InChI is InChI=1S/C22H24F3N3OS.C19H24F3NO3.C14H16F3NO.C11H12N4S.C10H20N2O2.C8H5F3O2.CH3F.CH4/c1-14-10-15(2)26-20(11-14)27-21(30)28-9-3-4-16(13-28)12-19(29)17-5-7-18(8-6-17)22(23,24)25;1-18(2,3)26-17(25)23-10-4-5-13(12-23)11-16(24)14-6-8-15(9-7-14)19(20,21)22;15-14(16,17)12-5-3-11(4-6-12)13(19)8-10-2-1-7-18-9-10;1-8-5-9(2)13-10(6-8)14-11(16)15-4-3-12-7-15;1-10(2,3)14-9(13)12-6-4-5-8(11)7-12;9-8(10,11)6-3-1-5(2-4-6)7(12)13;1-2;/h5-8,10-11,16H,3-4,9,12-13H2,1-2H3,(H,26,27,30);6-9,13H,4-5,10-12H2,1-3H3;3-6,10,18H,1-2,7-9H2;3-7H,1-2H3,(H,13,14,16);8H,4-7,11H2,1-3H3;1-4H,(H,12,13);1H3;1H4/i;;;;;;1D;. The number of carbonyl (C=O) groups excluding carboxylic acids is 5. The molecule has 0 radical (unpaired) electrons. The zero-order valence-corrected chi connectivity index (χ0v) is 70.0. The molecule has 4 saturated heterocycles. The quantitative estimate of drug-likeness (QED) is 0.0433. The van der Waals surface area contributed by atoms with E-state index in [-0.39, 0.29) is 72.7 Å². The number of anilines is 2. The van der Waals surface area contributed by atoms with Crippen LogP contribution in [0.4, 0.5) is 78.3 Å². The van der Waals surface area contributed by atoms with Crippen molar-refractivity contribution in [3.63, 3.8) is 0 Å². The number of amides is 2. The van der Waals surface area contributed by atoms with Gasteiger partial charge in [0, 0.05) is 105 Å². The van der Waals surface area contributed by atoms with E-state index in [0.29, 0.717) is 65.7 Å². The number of aromatic carboxylic acids is 1. The number of halogens is 13. The summed E-state index contributed by atoms with van der Waals surface area (Å²) in [6, 6.07) is 24.4. The zero-order valence-electron chi connectivity index (χ0n) is 69.4. The number of alkyl halides is 13. The predicted molar refractivity (Wildman–Crippen MR) is 446 cm³/mol. The number of hydrogen-bond donors (Lipinski definition) is 5. The maximum absolute atomic E-state index is 12.7. The van der Waals surface area contributed by atoms with Crippen LogP contribution in [0, 0.1) is 45.4 Å². The molecule has 35 heteroatoms. The normalized spacial score (nSPS) is 16.8. The number of benzene rings is 4. The fourth-order valence-corrected chi connectivity index (χ4v) is 13.3. The molecule has 121 heavy (non-hydrogen) atoms. The zero-order chi connectivity index (χ0) is 90.4. The summed E-state index contributed by atoms with van der Waals surface area (Å²) < 4.78 is 177. The number of ketones is 3. The van der Waals surface area contributed by atoms with Crippen LogP contribution in [0.2, 0.25) is 0 Å². The maximum Gasteiger partial charge on any atom is 0.416 e. The van der Waals surface area contributed by atoms with Gasteiger partial charge in [0.05, 0.1) is 36.3 Å². The number of piperidine rings is 4. The van der Waals surface area contributed by atoms with Crippen LogP contribution < -0.4 is 21.7 Å². The first-order chi connectivity index (χ1) is 56.4. The number of imidazole rings is 1. The van der Waals surface area contributed by atoms with Gasteiger partial charge < -0.3 is 51.0 Å². The van der Waals surface area contributed by atoms with Gasteiger partial charge in [-0.15, -0.1) is 0 Å². The van der Waals surface area contributed by atoms with Crippen molar-refractivity contribution >= 4 is 81.8 Å². The molecule has 0 bridgehead atoms. The van der Waals surface area contributed by atoms with Crippen LogP contribution in [0.5, 0.6) is 0 Å². The van der Waals surface area contributed by atoms with Crippen LogP contribution in [0.1, 0.15) is 207 Å². The number of aromatic nitrogens is 4. The topological polar surface area (TPSA) is 257 Å². The van der Waals surface area contributed by atoms with Gasteiger partial charge in [-0.2, -0.15) is 52.7 Å². The van der Waals surface area contributed by atoms with Gasteiger partial charge in [-0.05, 0) is 272 Å². The number of nitrogens with one attached hydrogen (secondary N) is 3. The van der Waals surface area contributed by atoms with Gasteiger partial charge in [-0.1, -0.05) is 43.8 Å². The Bertz CT molecular complexity index is 4450. The van der Waals surface area contributed by atoms with E-state index < -0.39 is 77.4 Å². The smallest absolute Gasteiger partial charge is 0.416 e. The Hall–Kier alpha value is -10.0. The van der Waals surface area contributed by atoms with Gasteiger partial charge in [-0.25, -0.2) is 29.3 Å². The average Bonchev–Trinajstić information content (AvgIpc) is 0.948. The second-order valence-corrected chi connectivity index (χ2v) is 31.9. The second-order valence-electron chi connectivity index (χ2n) is 31.1. The molecule has 0 saturated carbocycles. The highest BCUT2D eigenvalue weighted by atomic mass is 32.1. The Kier molecular flexibility index (Phi) is 39.8. The number of nitrogens with zero attached hydrogens (tertiary/aromatic N) is 7. The number of rotatable bonds is 12. The first kappa shape index (κ1) is 102. The third-order valence-electron chi connectivity index (χ3n) is 18.4. The van der Waals surface area contributed by atoms with E-state index >= 15 is 0 Å². The van der Waals surface area contributed by atoms with Gasteiger partial charge in [-0.3, -0.25) is 23.3 Å². The summed E-state index contributed by atoms with van der Waals surface area (Å²) >= 11 is 10.7. The number of Topliss-reactive ketones (excluding diaryl/α,β-unsaturated/α-hetero) is 3. The first-order valence-electron chi connectivity index (χ1n) is 39.2. The molecule has 20 nitrogen and oxygen atoms in total. The Labute approximate surface area is 709 Å². The van der Waals surface area contributed by atoms with Crippen molar-refractivity contribution in [3.8, 4) is 0 Å². The third kappa shape index (κ3) is 37.5. The van der Waals surface area contributed by atoms with E-state index in [9.17, 15) is 85.8 Å². The predicted octanol–water partition coefficient (Wildman–Crippen LogP) is 20.7. The molecular weight excluding hydrogens is 1640 g/mol. The number of carbonyl (C=O) groups is 6. The number of carboxylic acids is 1. The lowest BCUT2D eigenvalue weighted by Gasteiger charge is -2.34. The maximum atomic E-state index is 12.7. The van der Waals surface area contributed by atoms with Crippen LogP contribution in [-0.2, 0) is 34.2 Å². The number of likely N-dealkylation sites (tertiary alicyclic amines) is 3. The molecule has 4 fully saturated rings. The van der Waals surface area contributed by atoms with Gasteiger partial charge >= 0.3 is 42.9 Å². The summed E-state index contributed by atoms with van der Waals surface area (Å²) in [5.74, 6) is 0.142. The molecule has 11 rings (SSSR count). The number of aryl methyl sites for hydroxylation is 4. The van der Waals surface area contributed by atoms with Gasteiger partial charge in [0.2, 0.25) is 0 Å². The van der Waals surface area contributed by atoms with Crippen LogP contribution in [0.25, 0.3) is 0 Å². The molecule has 0 aliphatic carbocycles. The van der Waals surface area contributed by atoms with E-state index in [1.54, 1.807) is 53.9 Å². The van der Waals surface area contributed by atoms with E-state index in [4.69, 9.17) is 46.1 Å². The molecule has 4 aromatic carbocycles. The van der Waals surface area contributed by atoms with Crippen molar-refractivity contribution in [2.75, 3.05) is 70.1 Å². The second kappa shape index (κ2) is 47.4. The molecule has 6 N–H and O–H groups in total. The van der Waals surface area contributed by atoms with Crippen LogP contribution in [0.3, 0.4) is 0 Å². The summed E-state index contributed by atoms with van der Waals surface area (Å²) in [7, 11) is -1.00. The van der Waals surface area contributed by atoms with Gasteiger partial charge in [0.25, 0.3) is 0 Å². The van der Waals surface area contributed by atoms with E-state index in [0.717, 1.165) is 167 Å². The number of ether oxygens (including phenoxy) is 2. The minimum atomic E-state index is -4.42. The van der Waals surface area contributed by atoms with E-state index in [2.05, 4.69) is 30.9 Å². The van der Waals surface area contributed by atoms with Crippen molar-refractivity contribution in [3.05, 3.63) is 207 Å². The molecule has 4 aliphatic rings. The fraction of sp³-hybridized carbons (Fsp3) is 0.477. The van der Waals surface area contributed by atoms with Crippen LogP contribution in [-0.4, -0.2) is 162 Å². The lowest BCUT2D eigenvalue weighted by Crippen LogP contribution is -2.47. The SMILES string of the molecule is C.CC(C)(C)OC(=O)N1CCCC(CC(=O)c2ccc(C(F)(F)F)cc2)C1.CC(C)(C)OC(=O)N1CCCC(N)C1.Cc1cc(C)nc(NC(=S)N2CCCC(CC(=O)c3ccc(C(F)(F)F)cc3)C2)c1.Cc1cc(C)nc(NC(=S)n2ccnc2)c1.O=C(CC1CCCNC1)c1ccc(C(F)(F)F)cc1.O=C(O)c1ccc(C(F)(F)F)cc1.[2H]CF. The molecule has 7 aromatic rings. The number of nitrogens with two attached hydrogens (primary N) is 1. The fourth-order valence-electron chi connectivity index (χ4n) is 12.8. The average molecular weight is 1750 g/mol. The highest BCUT2D eigenvalue weighted by Gasteiger charge is 2.36. The summed E-state index contributed by atoms with van der Waals surface area (Å²) in [6.07, 6.45) is -4.87. The largest absolute Gasteiger partial charge is 0.478 e. The first-order valence-corrected chi connectivity index (χ1v) is 39.3. The van der Waals surface area contributed by atoms with Crippen LogP contribution >= 0.6 is 24.4 Å². The molecule has 4 aliphatic heterocycles. The number of hydrogen-bond acceptors (Lipinski definition) is 15. The molecular formula is C86H108F13N11O9S2. The monoisotopic (exact) mass is 1750 g/mol. The highest BCUT2D eigenvalue weighted by molar-refractivity contribution is 7.80. The van der Waals surface area contributed by atoms with Crippen molar-refractivity contribution in [2.24, 2.45) is 23.5 Å². The van der Waals surface area contributed by atoms with Gasteiger partial charge in [0.1, 0.15) is 29.2 Å². The minimum Gasteiger partial charge on any atom is -0.478 e. The van der Waals surface area contributed by atoms with Crippen LogP contribution in [0.15, 0.2) is 140 Å². The van der Waals surface area contributed by atoms with Crippen molar-refractivity contribution in [1.29, 1.82) is 0 Å². The van der Waals surface area contributed by atoms with E-state index in [1.165, 1.54) is 36.4 Å². The molecule has 2 amide bonds. The molecule has 7 heterocycles. The summed E-state index contributed by atoms with van der Waals surface area (Å²) in [6.45, 7) is 24.5. The minimum absolute atomic E-state index is 0. The van der Waals surface area contributed by atoms with E-state index in [1.807, 2.05) is 77.6 Å². The molecule has 0 spiro atoms. The Balaban J connectivity index is 0.000000312. The summed E-state index contributed by atoms with van der Waals surface area (Å²) in [4.78, 5) is 89.0. The number of carboxylic acid groups (broad SMARTS) is 1. The van der Waals surface area contributed by atoms with Crippen molar-refractivity contribution in [2.45, 2.75) is 189 Å². The number of thiocarbonyl (C=S) groups is 2. The Morgan fingerprint density at radius 2 is 0.851 bits per heavy atom. The molecule has 3 aromatic heterocycles. The van der Waals surface area contributed by atoms with Crippen molar-refractivity contribution in [1.82, 2.24) is 39.5 Å². The van der Waals surface area contributed by atoms with Crippen molar-refractivity contribution < 1.29 is 102 Å². The molecule has 4 unspecified atom stereocenters. The number of pyridine rings is 2. The Morgan fingerprint density at radius 3 is 1.18 bits per heavy atom. The van der Waals surface area contributed by atoms with Gasteiger partial charge in [0.15, 0.2) is 27.6 Å². The summed E-state index contributed by atoms with van der Waals surface area (Å²) in [5.41, 5.74) is 6.56. The third-order valence-corrected chi connectivity index (χ3v) is 19.0. The highest BCUT2D eigenvalue weighted by Crippen LogP contribution is 2.34. The molecule has 4 atom stereocenters. The lowest BCUT2D eigenvalue weighted by molar-refractivity contribution is -0.138. The Morgan fingerprint density at radius 1 is 0.512 bits per heavy atom. The molecule has 664 valence electrons.